The van der Waals surface area contributed by atoms with Gasteiger partial charge < -0.3 is 9.84 Å². The minimum Gasteiger partial charge on any atom is -0.466 e. The first-order valence-corrected chi connectivity index (χ1v) is 8.36. The van der Waals surface area contributed by atoms with Crippen LogP contribution in [0.1, 0.15) is 25.6 Å². The van der Waals surface area contributed by atoms with Gasteiger partial charge in [-0.3, -0.25) is 0 Å². The van der Waals surface area contributed by atoms with Gasteiger partial charge in [0.15, 0.2) is 0 Å². The molecule has 0 saturated heterocycles. The Morgan fingerprint density at radius 3 is 2.36 bits per heavy atom. The number of hydrogen-bond acceptors (Lipinski definition) is 4. The van der Waals surface area contributed by atoms with E-state index in [1.807, 2.05) is 44.2 Å². The third-order valence-electron chi connectivity index (χ3n) is 4.30. The van der Waals surface area contributed by atoms with E-state index in [1.165, 1.54) is 17.3 Å². The molecular weight excluding hydrogens is 338 g/mol. The van der Waals surface area contributed by atoms with E-state index in [0.29, 0.717) is 10.8 Å². The molecule has 1 aromatic heterocycles. The third-order valence-corrected chi connectivity index (χ3v) is 4.55. The number of halogens is 1. The normalized spacial score (nSPS) is 14.1. The van der Waals surface area contributed by atoms with E-state index >= 15 is 0 Å². The molecule has 6 heteroatoms. The minimum atomic E-state index is -0.868. The van der Waals surface area contributed by atoms with Gasteiger partial charge in [0.1, 0.15) is 24.5 Å². The van der Waals surface area contributed by atoms with Crippen molar-refractivity contribution in [3.05, 3.63) is 77.8 Å². The zero-order valence-corrected chi connectivity index (χ0v) is 14.8. The number of aromatic nitrogens is 3. The number of aliphatic hydroxyl groups is 1. The molecule has 0 fully saturated rings. The molecule has 0 aliphatic heterocycles. The largest absolute Gasteiger partial charge is 0.466 e. The molecular formula is C19H20ClN3O2. The number of hydrogen-bond donors (Lipinski definition) is 1. The SMILES string of the molecule is CC(C)(c1ccccc1)C(O)C(Oc1ccc(Cl)cc1)n1cncn1. The standard InChI is InChI=1S/C19H20ClN3O2/c1-19(2,14-6-4-3-5-7-14)17(24)18(23-13-21-12-22-23)25-16-10-8-15(20)9-11-16/h3-13,17-18,24H,1-2H3. The topological polar surface area (TPSA) is 60.2 Å². The van der Waals surface area contributed by atoms with Crippen LogP contribution in [0.4, 0.5) is 0 Å². The lowest BCUT2D eigenvalue weighted by Gasteiger charge is -2.36. The van der Waals surface area contributed by atoms with Gasteiger partial charge in [0.05, 0.1) is 0 Å². The Labute approximate surface area is 151 Å². The summed E-state index contributed by atoms with van der Waals surface area (Å²) < 4.78 is 7.55. The Morgan fingerprint density at radius 2 is 1.76 bits per heavy atom. The van der Waals surface area contributed by atoms with E-state index in [0.717, 1.165) is 5.56 Å². The first-order chi connectivity index (χ1) is 12.0. The number of nitrogens with zero attached hydrogens (tertiary/aromatic N) is 3. The lowest BCUT2D eigenvalue weighted by molar-refractivity contribution is -0.0537. The van der Waals surface area contributed by atoms with Crippen molar-refractivity contribution in [2.75, 3.05) is 0 Å². The van der Waals surface area contributed by atoms with Crippen molar-refractivity contribution in [3.8, 4) is 5.75 Å². The van der Waals surface area contributed by atoms with E-state index in [-0.39, 0.29) is 0 Å². The second kappa shape index (κ2) is 7.25. The molecule has 2 atom stereocenters. The first-order valence-electron chi connectivity index (χ1n) is 7.98. The molecule has 1 N–H and O–H groups in total. The van der Waals surface area contributed by atoms with Gasteiger partial charge in [-0.25, -0.2) is 9.67 Å². The van der Waals surface area contributed by atoms with E-state index in [9.17, 15) is 5.11 Å². The van der Waals surface area contributed by atoms with Crippen LogP contribution in [0.3, 0.4) is 0 Å². The predicted octanol–water partition coefficient (Wildman–Crippen LogP) is 3.85. The number of aliphatic hydroxyl groups excluding tert-OH is 1. The summed E-state index contributed by atoms with van der Waals surface area (Å²) in [6, 6.07) is 16.8. The number of benzene rings is 2. The lowest BCUT2D eigenvalue weighted by atomic mass is 9.78. The smallest absolute Gasteiger partial charge is 0.219 e. The fourth-order valence-electron chi connectivity index (χ4n) is 2.66. The molecule has 2 unspecified atom stereocenters. The molecule has 25 heavy (non-hydrogen) atoms. The van der Waals surface area contributed by atoms with Crippen LogP contribution in [0.2, 0.25) is 5.02 Å². The second-order valence-electron chi connectivity index (χ2n) is 6.37. The van der Waals surface area contributed by atoms with Crippen molar-refractivity contribution in [3.63, 3.8) is 0 Å². The van der Waals surface area contributed by atoms with Crippen molar-refractivity contribution in [2.24, 2.45) is 0 Å². The van der Waals surface area contributed by atoms with Crippen LogP contribution >= 0.6 is 11.6 Å². The molecule has 130 valence electrons. The van der Waals surface area contributed by atoms with Gasteiger partial charge in [-0.2, -0.15) is 5.10 Å². The third kappa shape index (κ3) is 3.83. The first kappa shape index (κ1) is 17.5. The number of rotatable bonds is 6. The van der Waals surface area contributed by atoms with Crippen LogP contribution in [0.5, 0.6) is 5.75 Å². The summed E-state index contributed by atoms with van der Waals surface area (Å²) in [6.07, 6.45) is 1.34. The van der Waals surface area contributed by atoms with Crippen molar-refractivity contribution in [1.29, 1.82) is 0 Å². The van der Waals surface area contributed by atoms with Crippen molar-refractivity contribution >= 4 is 11.6 Å². The molecule has 5 nitrogen and oxygen atoms in total. The zero-order chi connectivity index (χ0) is 17.9. The lowest BCUT2D eigenvalue weighted by Crippen LogP contribution is -2.43. The van der Waals surface area contributed by atoms with Crippen molar-refractivity contribution in [2.45, 2.75) is 31.6 Å². The molecule has 0 spiro atoms. The van der Waals surface area contributed by atoms with Crippen LogP contribution in [0.15, 0.2) is 67.3 Å². The average molecular weight is 358 g/mol. The highest BCUT2D eigenvalue weighted by atomic mass is 35.5. The Kier molecular flexibility index (Phi) is 5.06. The van der Waals surface area contributed by atoms with Crippen molar-refractivity contribution < 1.29 is 9.84 Å². The van der Waals surface area contributed by atoms with Gasteiger partial charge in [-0.1, -0.05) is 55.8 Å². The van der Waals surface area contributed by atoms with Crippen molar-refractivity contribution in [1.82, 2.24) is 14.8 Å². The molecule has 0 aliphatic carbocycles. The van der Waals surface area contributed by atoms with Gasteiger partial charge >= 0.3 is 0 Å². The van der Waals surface area contributed by atoms with E-state index in [2.05, 4.69) is 10.1 Å². The quantitative estimate of drug-likeness (QED) is 0.728. The molecule has 3 rings (SSSR count). The van der Waals surface area contributed by atoms with Crippen LogP contribution in [0.25, 0.3) is 0 Å². The molecule has 0 bridgehead atoms. The molecule has 3 aromatic rings. The highest BCUT2D eigenvalue weighted by Crippen LogP contribution is 2.34. The molecule has 0 saturated carbocycles. The maximum atomic E-state index is 11.1. The molecule has 1 heterocycles. The van der Waals surface area contributed by atoms with Crippen LogP contribution < -0.4 is 4.74 Å². The highest BCUT2D eigenvalue weighted by molar-refractivity contribution is 6.30. The Hall–Kier alpha value is -2.37. The Balaban J connectivity index is 1.92. The minimum absolute atomic E-state index is 0.565. The number of ether oxygens (including phenoxy) is 1. The summed E-state index contributed by atoms with van der Waals surface area (Å²) in [5.74, 6) is 0.591. The average Bonchev–Trinajstić information content (AvgIpc) is 3.16. The highest BCUT2D eigenvalue weighted by Gasteiger charge is 2.38. The maximum absolute atomic E-state index is 11.1. The summed E-state index contributed by atoms with van der Waals surface area (Å²) in [5, 5.41) is 15.9. The zero-order valence-electron chi connectivity index (χ0n) is 14.1. The molecule has 0 amide bonds. The van der Waals surface area contributed by atoms with Crippen LogP contribution in [-0.2, 0) is 5.41 Å². The van der Waals surface area contributed by atoms with Gasteiger partial charge in [0.25, 0.3) is 0 Å². The summed E-state index contributed by atoms with van der Waals surface area (Å²) in [5.41, 5.74) is 0.442. The summed E-state index contributed by atoms with van der Waals surface area (Å²) in [7, 11) is 0. The van der Waals surface area contributed by atoms with E-state index in [1.54, 1.807) is 24.3 Å². The van der Waals surface area contributed by atoms with Crippen LogP contribution in [0, 0.1) is 0 Å². The summed E-state index contributed by atoms with van der Waals surface area (Å²) in [6.45, 7) is 3.95. The van der Waals surface area contributed by atoms with Crippen LogP contribution in [-0.4, -0.2) is 26.0 Å². The molecule has 2 aromatic carbocycles. The summed E-state index contributed by atoms with van der Waals surface area (Å²) >= 11 is 5.93. The second-order valence-corrected chi connectivity index (χ2v) is 6.81. The maximum Gasteiger partial charge on any atom is 0.219 e. The van der Waals surface area contributed by atoms with E-state index < -0.39 is 17.7 Å². The summed E-state index contributed by atoms with van der Waals surface area (Å²) in [4.78, 5) is 3.98. The van der Waals surface area contributed by atoms with E-state index in [4.69, 9.17) is 16.3 Å². The van der Waals surface area contributed by atoms with Gasteiger partial charge in [0, 0.05) is 10.4 Å². The molecule has 0 aliphatic rings. The predicted molar refractivity (Wildman–Crippen MR) is 96.6 cm³/mol. The fourth-order valence-corrected chi connectivity index (χ4v) is 2.79. The molecule has 0 radical (unpaired) electrons. The monoisotopic (exact) mass is 357 g/mol. The Morgan fingerprint density at radius 1 is 1.08 bits per heavy atom. The Bertz CT molecular complexity index is 789. The van der Waals surface area contributed by atoms with Gasteiger partial charge in [0.2, 0.25) is 6.23 Å². The van der Waals surface area contributed by atoms with Gasteiger partial charge in [-0.05, 0) is 29.8 Å². The van der Waals surface area contributed by atoms with Gasteiger partial charge in [-0.15, -0.1) is 0 Å². The fraction of sp³-hybridized carbons (Fsp3) is 0.263.